The molecule has 6 N–H and O–H groups in total. The van der Waals surface area contributed by atoms with Crippen LogP contribution in [-0.2, 0) is 26.9 Å². The van der Waals surface area contributed by atoms with Crippen LogP contribution < -0.4 is 16.0 Å². The summed E-state index contributed by atoms with van der Waals surface area (Å²) in [4.78, 5) is 36.5. The highest BCUT2D eigenvalue weighted by atomic mass is 16.3. The van der Waals surface area contributed by atoms with Crippen LogP contribution in [0.2, 0.25) is 0 Å². The molecule has 0 atom stereocenters. The highest BCUT2D eigenvalue weighted by Crippen LogP contribution is 2.33. The number of imidazole rings is 3. The fraction of sp³-hybridized carbons (Fsp3) is 0.279. The molecule has 12 aromatic rings. The van der Waals surface area contributed by atoms with Gasteiger partial charge in [0.2, 0.25) is 0 Å². The summed E-state index contributed by atoms with van der Waals surface area (Å²) in [7, 11) is 1.88. The summed E-state index contributed by atoms with van der Waals surface area (Å²) in [5.74, 6) is 2.72. The lowest BCUT2D eigenvalue weighted by Crippen LogP contribution is -2.15. The predicted molar refractivity (Wildman–Crippen MR) is 339 cm³/mol. The molecular weight excluding hydrogens is 1090 g/mol. The minimum absolute atomic E-state index is 0.0462. The molecule has 0 spiro atoms. The number of aliphatic hydroxyl groups excluding tert-OH is 3. The molecule has 440 valence electrons. The lowest BCUT2D eigenvalue weighted by molar-refractivity contribution is 0.282. The zero-order chi connectivity index (χ0) is 59.1. The van der Waals surface area contributed by atoms with Gasteiger partial charge in [0.25, 0.3) is 0 Å². The van der Waals surface area contributed by atoms with E-state index in [-0.39, 0.29) is 19.8 Å². The SMILES string of the molecule is Cn1cc(-c2cn3c(-c4cccc(NC5CCCC5)n4)cnc3cc2CO)cn1.OCc1cc2ncc(-c3cccc(NC4CCCC4)n3)n2cc1-c1cccnc1.OCc1cc2ncc(-c3cccc(NC4CCCC4)n3)n2cc1-c1ccncc1. The summed E-state index contributed by atoms with van der Waals surface area (Å²) in [5, 5.41) is 44.5. The normalized spacial score (nSPS) is 14.6. The van der Waals surface area contributed by atoms with E-state index in [0.29, 0.717) is 18.1 Å². The third-order valence-corrected chi connectivity index (χ3v) is 16.8. The van der Waals surface area contributed by atoms with Crippen molar-refractivity contribution in [1.82, 2.24) is 62.9 Å². The molecule has 12 heterocycles. The Hall–Kier alpha value is -9.69. The summed E-state index contributed by atoms with van der Waals surface area (Å²) in [6.07, 6.45) is 37.4. The molecule has 3 saturated carbocycles. The van der Waals surface area contributed by atoms with Crippen molar-refractivity contribution in [3.05, 3.63) is 188 Å². The number of aromatic nitrogens is 13. The van der Waals surface area contributed by atoms with Crippen molar-refractivity contribution in [2.75, 3.05) is 16.0 Å². The first kappa shape index (κ1) is 56.4. The van der Waals surface area contributed by atoms with Crippen molar-refractivity contribution < 1.29 is 15.3 Å². The number of pyridine rings is 8. The quantitative estimate of drug-likeness (QED) is 0.0561. The van der Waals surface area contributed by atoms with Gasteiger partial charge in [0, 0.05) is 103 Å². The molecule has 3 aliphatic carbocycles. The number of anilines is 3. The zero-order valence-corrected chi connectivity index (χ0v) is 48.7. The van der Waals surface area contributed by atoms with E-state index >= 15 is 0 Å². The molecule has 0 unspecified atom stereocenters. The second kappa shape index (κ2) is 25.9. The third-order valence-electron chi connectivity index (χ3n) is 16.8. The lowest BCUT2D eigenvalue weighted by atomic mass is 10.0. The first-order chi connectivity index (χ1) is 42.8. The molecule has 0 aliphatic heterocycles. The third kappa shape index (κ3) is 12.5. The minimum Gasteiger partial charge on any atom is -0.392 e. The van der Waals surface area contributed by atoms with E-state index < -0.39 is 0 Å². The van der Waals surface area contributed by atoms with Crippen molar-refractivity contribution in [2.24, 2.45) is 7.05 Å². The minimum atomic E-state index is -0.0536. The fourth-order valence-corrected chi connectivity index (χ4v) is 12.4. The maximum atomic E-state index is 9.86. The van der Waals surface area contributed by atoms with Gasteiger partial charge in [-0.25, -0.2) is 29.9 Å². The Morgan fingerprint density at radius 3 is 1.18 bits per heavy atom. The number of aliphatic hydroxyl groups is 3. The monoisotopic (exact) mass is 1160 g/mol. The van der Waals surface area contributed by atoms with Crippen LogP contribution in [0.25, 0.3) is 84.5 Å². The average Bonchev–Trinajstić information content (AvgIpc) is 2.13. The summed E-state index contributed by atoms with van der Waals surface area (Å²) in [6.45, 7) is -0.153. The molecule has 15 rings (SSSR count). The largest absolute Gasteiger partial charge is 0.392 e. The number of nitrogens with zero attached hydrogens (tertiary/aromatic N) is 13. The van der Waals surface area contributed by atoms with Crippen LogP contribution in [0.5, 0.6) is 0 Å². The van der Waals surface area contributed by atoms with Gasteiger partial charge in [-0.1, -0.05) is 62.8 Å². The topological polar surface area (TPSA) is 231 Å². The van der Waals surface area contributed by atoms with E-state index in [1.54, 1.807) is 35.7 Å². The van der Waals surface area contributed by atoms with Crippen molar-refractivity contribution in [3.63, 3.8) is 0 Å². The van der Waals surface area contributed by atoms with Gasteiger partial charge in [0.15, 0.2) is 0 Å². The molecule has 0 radical (unpaired) electrons. The average molecular weight is 1160 g/mol. The second-order valence-electron chi connectivity index (χ2n) is 22.7. The smallest absolute Gasteiger partial charge is 0.137 e. The van der Waals surface area contributed by atoms with Crippen LogP contribution in [0, 0.1) is 0 Å². The first-order valence-electron chi connectivity index (χ1n) is 30.2. The van der Waals surface area contributed by atoms with Gasteiger partial charge in [-0.15, -0.1) is 0 Å². The zero-order valence-electron chi connectivity index (χ0n) is 48.7. The van der Waals surface area contributed by atoms with Crippen molar-refractivity contribution in [3.8, 4) is 67.5 Å². The summed E-state index contributed by atoms with van der Waals surface area (Å²) >= 11 is 0. The highest BCUT2D eigenvalue weighted by molar-refractivity contribution is 5.74. The van der Waals surface area contributed by atoms with Crippen molar-refractivity contribution in [2.45, 2.75) is 115 Å². The number of nitrogens with one attached hydrogen (secondary N) is 3. The molecule has 0 bridgehead atoms. The van der Waals surface area contributed by atoms with Crippen LogP contribution in [0.15, 0.2) is 171 Å². The fourth-order valence-electron chi connectivity index (χ4n) is 12.4. The molecule has 0 saturated heterocycles. The molecule has 0 aromatic carbocycles. The van der Waals surface area contributed by atoms with Crippen LogP contribution in [0.3, 0.4) is 0 Å². The second-order valence-corrected chi connectivity index (χ2v) is 22.7. The molecule has 19 heteroatoms. The van der Waals surface area contributed by atoms with Gasteiger partial charge in [-0.3, -0.25) is 27.9 Å². The van der Waals surface area contributed by atoms with E-state index in [2.05, 4.69) is 46.0 Å². The lowest BCUT2D eigenvalue weighted by Gasteiger charge is -2.14. The van der Waals surface area contributed by atoms with Crippen molar-refractivity contribution in [1.29, 1.82) is 0 Å². The number of aryl methyl sites for hydroxylation is 1. The highest BCUT2D eigenvalue weighted by Gasteiger charge is 2.21. The van der Waals surface area contributed by atoms with E-state index in [4.69, 9.17) is 15.0 Å². The Morgan fingerprint density at radius 2 is 0.816 bits per heavy atom. The first-order valence-corrected chi connectivity index (χ1v) is 30.2. The molecule has 3 fully saturated rings. The van der Waals surface area contributed by atoms with Gasteiger partial charge in [-0.2, -0.15) is 5.10 Å². The maximum absolute atomic E-state index is 9.86. The standard InChI is InChI=1S/2C23H23N5O.C22H24N6O/c29-15-17-11-23-25-13-21(28(23)14-19(17)16-5-4-10-24-12-16)20-8-3-9-22(27-20)26-18-6-1-2-7-18;29-15-17-12-23-25-13-21(28(23)14-19(17)16-8-10-24-11-9-16)20-6-3-7-22(27-20)26-18-4-1-2-5-18;1-27-12-16(10-24-27)18-13-28-20(11-23-22(28)9-15(18)14-29)19-7-4-8-21(26-19)25-17-5-2-3-6-17/h3-5,8-14,18,29H,1-2,6-7,15H2,(H,26,27);3,6-14,18,29H,1-2,4-5,15H2,(H,26,27);4,7-13,17,29H,2-3,5-6,14H2,1H3,(H,25,26). The van der Waals surface area contributed by atoms with Gasteiger partial charge in [0.05, 0.1) is 78.8 Å². The van der Waals surface area contributed by atoms with Crippen LogP contribution in [-0.4, -0.2) is 96.3 Å². The van der Waals surface area contributed by atoms with Gasteiger partial charge >= 0.3 is 0 Å². The van der Waals surface area contributed by atoms with Crippen LogP contribution >= 0.6 is 0 Å². The number of hydrogen-bond acceptors (Lipinski definition) is 15. The molecule has 0 amide bonds. The van der Waals surface area contributed by atoms with Gasteiger partial charge in [0.1, 0.15) is 34.4 Å². The van der Waals surface area contributed by atoms with E-state index in [1.807, 2.05) is 161 Å². The van der Waals surface area contributed by atoms with E-state index in [1.165, 1.54) is 77.0 Å². The summed E-state index contributed by atoms with van der Waals surface area (Å²) in [6, 6.07) is 33.3. The van der Waals surface area contributed by atoms with Gasteiger partial charge < -0.3 is 31.3 Å². The molecule has 12 aromatic heterocycles. The molecule has 3 aliphatic rings. The Morgan fingerprint density at radius 1 is 0.414 bits per heavy atom. The number of fused-ring (bicyclic) bond motifs is 3. The predicted octanol–water partition coefficient (Wildman–Crippen LogP) is 12.3. The van der Waals surface area contributed by atoms with E-state index in [0.717, 1.165) is 119 Å². The molecular formula is C68H70N16O3. The van der Waals surface area contributed by atoms with Crippen molar-refractivity contribution >= 4 is 34.4 Å². The Labute approximate surface area is 504 Å². The molecule has 87 heavy (non-hydrogen) atoms. The van der Waals surface area contributed by atoms with E-state index in [9.17, 15) is 15.3 Å². The Bertz CT molecular complexity index is 4110. The molecule has 19 nitrogen and oxygen atoms in total. The Kier molecular flexibility index (Phi) is 16.8. The number of hydrogen-bond donors (Lipinski definition) is 6. The number of rotatable bonds is 15. The summed E-state index contributed by atoms with van der Waals surface area (Å²) in [5.41, 5.74) is 16.0. The Balaban J connectivity index is 0.000000121. The maximum Gasteiger partial charge on any atom is 0.137 e. The van der Waals surface area contributed by atoms with Crippen LogP contribution in [0.1, 0.15) is 93.7 Å². The van der Waals surface area contributed by atoms with Crippen LogP contribution in [0.4, 0.5) is 17.5 Å². The van der Waals surface area contributed by atoms with Gasteiger partial charge in [-0.05, 0) is 134 Å². The summed E-state index contributed by atoms with van der Waals surface area (Å²) < 4.78 is 7.86.